The van der Waals surface area contributed by atoms with Crippen LogP contribution in [0, 0.1) is 20.8 Å². The molecule has 2 aromatic heterocycles. The summed E-state index contributed by atoms with van der Waals surface area (Å²) in [5, 5.41) is 8.61. The van der Waals surface area contributed by atoms with Crippen LogP contribution in [0.3, 0.4) is 0 Å². The predicted octanol–water partition coefficient (Wildman–Crippen LogP) is 4.97. The van der Waals surface area contributed by atoms with Gasteiger partial charge in [-0.15, -0.1) is 0 Å². The Morgan fingerprint density at radius 1 is 1.09 bits per heavy atom. The summed E-state index contributed by atoms with van der Waals surface area (Å²) in [4.78, 5) is 12.5. The molecule has 35 heavy (non-hydrogen) atoms. The van der Waals surface area contributed by atoms with Gasteiger partial charge < -0.3 is 15.4 Å². The van der Waals surface area contributed by atoms with Gasteiger partial charge in [0.2, 0.25) is 5.88 Å². The zero-order chi connectivity index (χ0) is 24.7. The Labute approximate surface area is 206 Å². The van der Waals surface area contributed by atoms with E-state index in [1.54, 1.807) is 0 Å². The van der Waals surface area contributed by atoms with Crippen LogP contribution in [0.5, 0.6) is 5.88 Å². The Morgan fingerprint density at radius 3 is 2.66 bits per heavy atom. The van der Waals surface area contributed by atoms with Crippen molar-refractivity contribution in [3.63, 3.8) is 0 Å². The first kappa shape index (κ1) is 23.3. The van der Waals surface area contributed by atoms with Crippen molar-refractivity contribution in [3.05, 3.63) is 64.0 Å². The number of H-pyrrole nitrogens is 1. The minimum absolute atomic E-state index is 0.415. The molecule has 0 amide bonds. The van der Waals surface area contributed by atoms with Gasteiger partial charge in [0.15, 0.2) is 5.82 Å². The lowest BCUT2D eigenvalue weighted by Gasteiger charge is -2.32. The summed E-state index contributed by atoms with van der Waals surface area (Å²) >= 11 is 0. The summed E-state index contributed by atoms with van der Waals surface area (Å²) in [6, 6.07) is 10.9. The Balaban J connectivity index is 1.60. The van der Waals surface area contributed by atoms with Crippen molar-refractivity contribution in [2.75, 3.05) is 24.6 Å². The average molecular weight is 471 g/mol. The molecule has 2 aromatic carbocycles. The third-order valence-electron chi connectivity index (χ3n) is 6.95. The fourth-order valence-corrected chi connectivity index (χ4v) is 4.96. The molecule has 0 saturated heterocycles. The lowest BCUT2D eigenvalue weighted by atomic mass is 9.98. The second-order valence-corrected chi connectivity index (χ2v) is 9.79. The number of aryl methyl sites for hydroxylation is 3. The van der Waals surface area contributed by atoms with Crippen molar-refractivity contribution in [3.8, 4) is 17.3 Å². The first-order valence-electron chi connectivity index (χ1n) is 12.4. The zero-order valence-electron chi connectivity index (χ0n) is 21.3. The van der Waals surface area contributed by atoms with Gasteiger partial charge in [-0.3, -0.25) is 5.10 Å². The molecule has 7 heteroatoms. The van der Waals surface area contributed by atoms with Crippen LogP contribution in [-0.2, 0) is 13.0 Å². The van der Waals surface area contributed by atoms with Crippen molar-refractivity contribution in [1.29, 1.82) is 0 Å². The van der Waals surface area contributed by atoms with E-state index in [2.05, 4.69) is 67.1 Å². The minimum Gasteiger partial charge on any atom is -0.476 e. The molecule has 3 N–H and O–H groups in total. The van der Waals surface area contributed by atoms with Crippen LogP contribution in [0.4, 0.5) is 5.69 Å². The van der Waals surface area contributed by atoms with E-state index in [1.165, 1.54) is 16.8 Å². The second kappa shape index (κ2) is 9.30. The summed E-state index contributed by atoms with van der Waals surface area (Å²) < 4.78 is 6.13. The maximum Gasteiger partial charge on any atom is 0.222 e. The molecular formula is C28H34N6O. The number of nitrogens with zero attached hydrogens (tertiary/aromatic N) is 4. The van der Waals surface area contributed by atoms with E-state index < -0.39 is 0 Å². The fourth-order valence-electron chi connectivity index (χ4n) is 4.96. The number of hydrogen-bond acceptors (Lipinski definition) is 6. The van der Waals surface area contributed by atoms with Gasteiger partial charge in [0.05, 0.1) is 23.3 Å². The van der Waals surface area contributed by atoms with E-state index in [0.29, 0.717) is 37.3 Å². The highest BCUT2D eigenvalue weighted by Gasteiger charge is 2.26. The molecule has 182 valence electrons. The highest BCUT2D eigenvalue weighted by Crippen LogP contribution is 2.36. The third kappa shape index (κ3) is 4.25. The Morgan fingerprint density at radius 2 is 1.89 bits per heavy atom. The van der Waals surface area contributed by atoms with Crippen molar-refractivity contribution < 1.29 is 4.74 Å². The minimum atomic E-state index is 0.415. The van der Waals surface area contributed by atoms with Gasteiger partial charge in [0, 0.05) is 41.8 Å². The molecule has 0 spiro atoms. The molecule has 4 aromatic rings. The smallest absolute Gasteiger partial charge is 0.222 e. The number of aromatic amines is 1. The molecule has 3 heterocycles. The van der Waals surface area contributed by atoms with Gasteiger partial charge in [-0.25, -0.2) is 4.98 Å². The van der Waals surface area contributed by atoms with E-state index in [0.717, 1.165) is 51.9 Å². The molecule has 1 aliphatic heterocycles. The van der Waals surface area contributed by atoms with E-state index >= 15 is 0 Å². The topological polar surface area (TPSA) is 93.0 Å². The van der Waals surface area contributed by atoms with Crippen molar-refractivity contribution in [2.45, 2.75) is 53.5 Å². The van der Waals surface area contributed by atoms with Crippen molar-refractivity contribution >= 4 is 16.6 Å². The largest absolute Gasteiger partial charge is 0.476 e. The monoisotopic (exact) mass is 470 g/mol. The van der Waals surface area contributed by atoms with E-state index in [9.17, 15) is 0 Å². The highest BCUT2D eigenvalue weighted by atomic mass is 16.5. The molecule has 0 aliphatic carbocycles. The third-order valence-corrected chi connectivity index (χ3v) is 6.95. The van der Waals surface area contributed by atoms with Crippen LogP contribution < -0.4 is 15.4 Å². The summed E-state index contributed by atoms with van der Waals surface area (Å²) in [6.07, 6.45) is 0.828. The molecule has 1 aliphatic rings. The first-order valence-corrected chi connectivity index (χ1v) is 12.4. The number of anilines is 1. The molecule has 0 atom stereocenters. The number of nitrogens with one attached hydrogen (secondary N) is 1. The van der Waals surface area contributed by atoms with E-state index in [4.69, 9.17) is 20.4 Å². The highest BCUT2D eigenvalue weighted by molar-refractivity contribution is 5.96. The standard InChI is InChI=1S/C28H34N6O/c1-16(2)20-8-6-17(3)24(14-20)34-12-10-22-21(15-34)28(35-13-11-29)31-27(30-22)25-18(4)7-9-23-26(25)19(5)32-33-23/h6-9,14,16H,10-13,15,29H2,1-5H3,(H,32,33). The number of fused-ring (bicyclic) bond motifs is 2. The second-order valence-electron chi connectivity index (χ2n) is 9.79. The lowest BCUT2D eigenvalue weighted by Crippen LogP contribution is -2.32. The molecule has 0 unspecified atom stereocenters. The molecule has 0 saturated carbocycles. The fraction of sp³-hybridized carbons (Fsp3) is 0.393. The Kier molecular flexibility index (Phi) is 6.19. The Hall–Kier alpha value is -3.45. The number of benzene rings is 2. The van der Waals surface area contributed by atoms with Gasteiger partial charge in [0.25, 0.3) is 0 Å². The average Bonchev–Trinajstić information content (AvgIpc) is 3.22. The quantitative estimate of drug-likeness (QED) is 0.413. The van der Waals surface area contributed by atoms with E-state index in [1.807, 2.05) is 13.0 Å². The first-order chi connectivity index (χ1) is 16.9. The van der Waals surface area contributed by atoms with Crippen LogP contribution in [0.2, 0.25) is 0 Å². The van der Waals surface area contributed by atoms with Crippen LogP contribution in [0.15, 0.2) is 30.3 Å². The van der Waals surface area contributed by atoms with Gasteiger partial charge >= 0.3 is 0 Å². The van der Waals surface area contributed by atoms with Crippen molar-refractivity contribution in [1.82, 2.24) is 20.2 Å². The van der Waals surface area contributed by atoms with Crippen LogP contribution in [0.25, 0.3) is 22.3 Å². The number of aromatic nitrogens is 4. The number of nitrogens with two attached hydrogens (primary N) is 1. The summed E-state index contributed by atoms with van der Waals surface area (Å²) in [5.74, 6) is 1.81. The molecule has 0 bridgehead atoms. The molecule has 0 fully saturated rings. The van der Waals surface area contributed by atoms with Gasteiger partial charge in [-0.1, -0.05) is 32.0 Å². The SMILES string of the molecule is Cc1ccc(C(C)C)cc1N1CCc2nc(-c3c(C)ccc4n[nH]c(C)c34)nc(OCCN)c2C1. The number of rotatable bonds is 6. The zero-order valence-corrected chi connectivity index (χ0v) is 21.3. The van der Waals surface area contributed by atoms with Crippen molar-refractivity contribution in [2.24, 2.45) is 5.73 Å². The molecule has 0 radical (unpaired) electrons. The van der Waals surface area contributed by atoms with Gasteiger partial charge in [-0.05, 0) is 55.5 Å². The summed E-state index contributed by atoms with van der Waals surface area (Å²) in [6.45, 7) is 13.2. The summed E-state index contributed by atoms with van der Waals surface area (Å²) in [5.41, 5.74) is 15.8. The predicted molar refractivity (Wildman–Crippen MR) is 141 cm³/mol. The van der Waals surface area contributed by atoms with Crippen LogP contribution in [0.1, 0.15) is 53.4 Å². The molecule has 5 rings (SSSR count). The normalized spacial score (nSPS) is 13.5. The van der Waals surface area contributed by atoms with Gasteiger partial charge in [0.1, 0.15) is 6.61 Å². The summed E-state index contributed by atoms with van der Waals surface area (Å²) in [7, 11) is 0. The molecule has 7 nitrogen and oxygen atoms in total. The van der Waals surface area contributed by atoms with Gasteiger partial charge in [-0.2, -0.15) is 10.1 Å². The van der Waals surface area contributed by atoms with E-state index in [-0.39, 0.29) is 0 Å². The maximum atomic E-state index is 6.13. The maximum absolute atomic E-state index is 6.13. The Bertz CT molecular complexity index is 1390. The lowest BCUT2D eigenvalue weighted by molar-refractivity contribution is 0.310. The number of ether oxygens (including phenoxy) is 1. The van der Waals surface area contributed by atoms with Crippen LogP contribution in [-0.4, -0.2) is 39.9 Å². The van der Waals surface area contributed by atoms with Crippen LogP contribution >= 0.6 is 0 Å². The number of hydrogen-bond donors (Lipinski definition) is 2. The molecular weight excluding hydrogens is 436 g/mol.